The second kappa shape index (κ2) is 6.74. The number of aromatic hydroxyl groups is 2. The predicted molar refractivity (Wildman–Crippen MR) is 101 cm³/mol. The van der Waals surface area contributed by atoms with Gasteiger partial charge >= 0.3 is 0 Å². The van der Waals surface area contributed by atoms with Gasteiger partial charge in [-0.25, -0.2) is 0 Å². The molecule has 2 N–H and O–H groups in total. The molecule has 1 saturated carbocycles. The lowest BCUT2D eigenvalue weighted by Gasteiger charge is -2.43. The molecule has 2 aromatic rings. The highest BCUT2D eigenvalue weighted by Crippen LogP contribution is 2.52. The van der Waals surface area contributed by atoms with Gasteiger partial charge in [-0.3, -0.25) is 0 Å². The van der Waals surface area contributed by atoms with Gasteiger partial charge in [-0.15, -0.1) is 0 Å². The molecule has 2 aliphatic rings. The van der Waals surface area contributed by atoms with Crippen molar-refractivity contribution >= 4 is 0 Å². The first-order chi connectivity index (χ1) is 12.2. The van der Waals surface area contributed by atoms with Gasteiger partial charge in [0.05, 0.1) is 0 Å². The molecule has 0 saturated heterocycles. The highest BCUT2D eigenvalue weighted by Gasteiger charge is 2.39. The van der Waals surface area contributed by atoms with Crippen LogP contribution in [0.3, 0.4) is 0 Å². The number of benzene rings is 2. The van der Waals surface area contributed by atoms with Crippen molar-refractivity contribution in [2.75, 3.05) is 0 Å². The van der Waals surface area contributed by atoms with Gasteiger partial charge in [-0.2, -0.15) is 0 Å². The second-order valence-electron chi connectivity index (χ2n) is 7.89. The third-order valence-electron chi connectivity index (χ3n) is 6.36. The summed E-state index contributed by atoms with van der Waals surface area (Å²) in [6.07, 6.45) is 8.16. The predicted octanol–water partition coefficient (Wildman–Crippen LogP) is 5.66. The number of hydrogen-bond acceptors (Lipinski definition) is 2. The fourth-order valence-corrected chi connectivity index (χ4v) is 5.19. The molecule has 0 unspecified atom stereocenters. The summed E-state index contributed by atoms with van der Waals surface area (Å²) in [4.78, 5) is 0. The van der Waals surface area contributed by atoms with Gasteiger partial charge in [0.15, 0.2) is 0 Å². The Morgan fingerprint density at radius 3 is 2.48 bits per heavy atom. The van der Waals surface area contributed by atoms with E-state index < -0.39 is 0 Å². The van der Waals surface area contributed by atoms with Crippen molar-refractivity contribution in [3.8, 4) is 11.5 Å². The molecule has 3 atom stereocenters. The van der Waals surface area contributed by atoms with Crippen LogP contribution in [0.4, 0.5) is 0 Å². The topological polar surface area (TPSA) is 40.5 Å². The molecule has 0 bridgehead atoms. The molecule has 0 amide bonds. The lowest BCUT2D eigenvalue weighted by Crippen LogP contribution is -2.31. The van der Waals surface area contributed by atoms with Gasteiger partial charge in [-0.05, 0) is 83.9 Å². The van der Waals surface area contributed by atoms with E-state index in [-0.39, 0.29) is 0 Å². The van der Waals surface area contributed by atoms with Crippen LogP contribution in [-0.2, 0) is 12.8 Å². The van der Waals surface area contributed by atoms with Crippen molar-refractivity contribution in [3.05, 3.63) is 58.7 Å². The zero-order chi connectivity index (χ0) is 17.4. The number of aryl methyl sites for hydroxylation is 1. The molecular weight excluding hydrogens is 308 g/mol. The Morgan fingerprint density at radius 2 is 1.72 bits per heavy atom. The maximum absolute atomic E-state index is 10.5. The second-order valence-corrected chi connectivity index (χ2v) is 7.89. The van der Waals surface area contributed by atoms with Crippen molar-refractivity contribution in [2.24, 2.45) is 5.92 Å². The van der Waals surface area contributed by atoms with E-state index in [1.54, 1.807) is 0 Å². The molecule has 0 heterocycles. The Balaban J connectivity index is 1.76. The molecule has 25 heavy (non-hydrogen) atoms. The average Bonchev–Trinajstić information content (AvgIpc) is 2.63. The molecular formula is C23H28O2. The minimum atomic E-state index is 0.343. The van der Waals surface area contributed by atoms with Gasteiger partial charge in [-0.1, -0.05) is 44.4 Å². The summed E-state index contributed by atoms with van der Waals surface area (Å²) >= 11 is 0. The molecule has 2 aliphatic carbocycles. The average molecular weight is 336 g/mol. The van der Waals surface area contributed by atoms with Gasteiger partial charge in [0.25, 0.3) is 0 Å². The summed E-state index contributed by atoms with van der Waals surface area (Å²) in [5.74, 6) is 2.58. The summed E-state index contributed by atoms with van der Waals surface area (Å²) in [5.41, 5.74) is 5.28. The largest absolute Gasteiger partial charge is 0.508 e. The summed E-state index contributed by atoms with van der Waals surface area (Å²) in [7, 11) is 0. The van der Waals surface area contributed by atoms with Crippen molar-refractivity contribution < 1.29 is 10.2 Å². The van der Waals surface area contributed by atoms with Crippen LogP contribution in [0.25, 0.3) is 0 Å². The number of hydrogen-bond donors (Lipinski definition) is 2. The van der Waals surface area contributed by atoms with Crippen molar-refractivity contribution in [1.29, 1.82) is 0 Å². The standard InChI is InChI=1S/C23H28O2/c1-2-5-16-12-17-13-21(15-8-10-18(24)11-9-15)19-6-3-4-7-20(19)22(17)14-23(16)25/h8-12,14,19-21,24-25H,2-7,13H2,1H3/t19-,20+,21-/m0/s1. The highest BCUT2D eigenvalue weighted by molar-refractivity contribution is 5.47. The summed E-state index contributed by atoms with van der Waals surface area (Å²) in [6.45, 7) is 2.16. The number of fused-ring (bicyclic) bond motifs is 3. The number of rotatable bonds is 3. The van der Waals surface area contributed by atoms with Crippen molar-refractivity contribution in [3.63, 3.8) is 0 Å². The third-order valence-corrected chi connectivity index (χ3v) is 6.36. The zero-order valence-electron chi connectivity index (χ0n) is 15.0. The van der Waals surface area contributed by atoms with Crippen LogP contribution in [0.2, 0.25) is 0 Å². The lowest BCUT2D eigenvalue weighted by molar-refractivity contribution is 0.242. The molecule has 2 nitrogen and oxygen atoms in total. The first-order valence-electron chi connectivity index (χ1n) is 9.81. The molecule has 0 radical (unpaired) electrons. The Labute approximate surface area is 150 Å². The van der Waals surface area contributed by atoms with Crippen LogP contribution in [0, 0.1) is 5.92 Å². The normalized spacial score (nSPS) is 25.2. The van der Waals surface area contributed by atoms with E-state index >= 15 is 0 Å². The molecule has 0 aliphatic heterocycles. The summed E-state index contributed by atoms with van der Waals surface area (Å²) < 4.78 is 0. The van der Waals surface area contributed by atoms with Gasteiger partial charge < -0.3 is 10.2 Å². The molecule has 0 aromatic heterocycles. The Bertz CT molecular complexity index is 747. The summed E-state index contributed by atoms with van der Waals surface area (Å²) in [5, 5.41) is 20.1. The van der Waals surface area contributed by atoms with E-state index in [1.807, 2.05) is 12.1 Å². The maximum atomic E-state index is 10.5. The van der Waals surface area contributed by atoms with Crippen LogP contribution in [0.5, 0.6) is 11.5 Å². The van der Waals surface area contributed by atoms with Crippen LogP contribution in [0.1, 0.15) is 73.1 Å². The molecule has 1 fully saturated rings. The van der Waals surface area contributed by atoms with Crippen molar-refractivity contribution in [2.45, 2.75) is 63.7 Å². The SMILES string of the molecule is CCCc1cc2c(cc1O)[C@@H]1CCCC[C@@H]1[C@H](c1ccc(O)cc1)C2. The van der Waals surface area contributed by atoms with E-state index in [2.05, 4.69) is 31.2 Å². The lowest BCUT2D eigenvalue weighted by atomic mass is 9.61. The zero-order valence-corrected chi connectivity index (χ0v) is 15.0. The van der Waals surface area contributed by atoms with Gasteiger partial charge in [0.1, 0.15) is 11.5 Å². The third kappa shape index (κ3) is 3.03. The molecule has 2 aromatic carbocycles. The minimum absolute atomic E-state index is 0.343. The Hall–Kier alpha value is -1.96. The smallest absolute Gasteiger partial charge is 0.119 e. The van der Waals surface area contributed by atoms with Crippen LogP contribution in [0.15, 0.2) is 36.4 Å². The van der Waals surface area contributed by atoms with E-state index in [9.17, 15) is 10.2 Å². The number of phenolic OH excluding ortho intramolecular Hbond substituents is 2. The molecule has 0 spiro atoms. The fraction of sp³-hybridized carbons (Fsp3) is 0.478. The van der Waals surface area contributed by atoms with Crippen LogP contribution in [-0.4, -0.2) is 10.2 Å². The first-order valence-corrected chi connectivity index (χ1v) is 9.81. The van der Waals surface area contributed by atoms with Gasteiger partial charge in [0.2, 0.25) is 0 Å². The fourth-order valence-electron chi connectivity index (χ4n) is 5.19. The Kier molecular flexibility index (Phi) is 4.45. The monoisotopic (exact) mass is 336 g/mol. The first kappa shape index (κ1) is 16.5. The van der Waals surface area contributed by atoms with E-state index in [1.165, 1.54) is 42.4 Å². The number of phenols is 2. The molecule has 4 rings (SSSR count). The summed E-state index contributed by atoms with van der Waals surface area (Å²) in [6, 6.07) is 12.2. The van der Waals surface area contributed by atoms with Crippen molar-refractivity contribution in [1.82, 2.24) is 0 Å². The Morgan fingerprint density at radius 1 is 0.960 bits per heavy atom. The van der Waals surface area contributed by atoms with E-state index in [0.29, 0.717) is 29.3 Å². The van der Waals surface area contributed by atoms with Crippen LogP contribution < -0.4 is 0 Å². The van der Waals surface area contributed by atoms with Crippen LogP contribution >= 0.6 is 0 Å². The van der Waals surface area contributed by atoms with E-state index in [4.69, 9.17) is 0 Å². The van der Waals surface area contributed by atoms with E-state index in [0.717, 1.165) is 24.8 Å². The maximum Gasteiger partial charge on any atom is 0.119 e. The quantitative estimate of drug-likeness (QED) is 0.759. The highest BCUT2D eigenvalue weighted by atomic mass is 16.3. The molecule has 132 valence electrons. The van der Waals surface area contributed by atoms with Gasteiger partial charge in [0, 0.05) is 0 Å². The molecule has 2 heteroatoms. The minimum Gasteiger partial charge on any atom is -0.508 e.